The van der Waals surface area contributed by atoms with Gasteiger partial charge >= 0.3 is 0 Å². The van der Waals surface area contributed by atoms with E-state index in [1.165, 1.54) is 0 Å². The van der Waals surface area contributed by atoms with Gasteiger partial charge in [0.1, 0.15) is 11.3 Å². The molecule has 1 heterocycles. The van der Waals surface area contributed by atoms with Gasteiger partial charge in [0, 0.05) is 45.3 Å². The Balaban J connectivity index is 2.15. The van der Waals surface area contributed by atoms with Crippen LogP contribution in [0.2, 0.25) is 10.0 Å². The minimum atomic E-state index is -0.125. The average molecular weight is 460 g/mol. The molecule has 4 nitrogen and oxygen atoms in total. The van der Waals surface area contributed by atoms with Crippen LogP contribution in [0.4, 0.5) is 0 Å². The largest absolute Gasteiger partial charge is 0.493 e. The average Bonchev–Trinajstić information content (AvgIpc) is 3.12. The Morgan fingerprint density at radius 3 is 2.61 bits per heavy atom. The van der Waals surface area contributed by atoms with Crippen LogP contribution in [0.1, 0.15) is 38.8 Å². The number of furan rings is 1. The summed E-state index contributed by atoms with van der Waals surface area (Å²) in [6.45, 7) is 11.0. The van der Waals surface area contributed by atoms with E-state index < -0.39 is 0 Å². The number of hydrogen-bond donors (Lipinski definition) is 1. The summed E-state index contributed by atoms with van der Waals surface area (Å²) in [7, 11) is 0. The first-order valence-electron chi connectivity index (χ1n) is 10.3. The van der Waals surface area contributed by atoms with Crippen LogP contribution < -0.4 is 10.1 Å². The van der Waals surface area contributed by atoms with Crippen LogP contribution in [0.25, 0.3) is 27.7 Å². The number of fused-ring (bicyclic) bond motifs is 1. The quantitative estimate of drug-likeness (QED) is 0.377. The number of ether oxygens (including phenoxy) is 1. The third-order valence-electron chi connectivity index (χ3n) is 5.01. The van der Waals surface area contributed by atoms with Gasteiger partial charge in [0.15, 0.2) is 0 Å². The van der Waals surface area contributed by atoms with Crippen molar-refractivity contribution in [3.05, 3.63) is 57.8 Å². The molecule has 0 spiro atoms. The predicted octanol–water partition coefficient (Wildman–Crippen LogP) is 7.29. The van der Waals surface area contributed by atoms with Crippen molar-refractivity contribution in [1.82, 2.24) is 5.32 Å². The number of aryl methyl sites for hydroxylation is 1. The Bertz CT molecular complexity index is 1150. The molecule has 0 atom stereocenters. The number of carbonyl (C=O) groups excluding carboxylic acids is 1. The van der Waals surface area contributed by atoms with Gasteiger partial charge in [-0.25, -0.2) is 0 Å². The summed E-state index contributed by atoms with van der Waals surface area (Å²) in [5, 5.41) is 4.94. The number of allylic oxidation sites excluding steroid dienone is 1. The van der Waals surface area contributed by atoms with Crippen molar-refractivity contribution >= 4 is 45.7 Å². The first-order valence-corrected chi connectivity index (χ1v) is 11.1. The van der Waals surface area contributed by atoms with Gasteiger partial charge in [0.05, 0.1) is 17.9 Å². The monoisotopic (exact) mass is 459 g/mol. The fourth-order valence-electron chi connectivity index (χ4n) is 3.49. The van der Waals surface area contributed by atoms with Gasteiger partial charge in [-0.1, -0.05) is 43.1 Å². The fraction of sp³-hybridized carbons (Fsp3) is 0.320. The summed E-state index contributed by atoms with van der Waals surface area (Å²) < 4.78 is 11.9. The lowest BCUT2D eigenvalue weighted by Crippen LogP contribution is -2.25. The molecule has 1 N–H and O–H groups in total. The normalized spacial score (nSPS) is 11.9. The maximum Gasteiger partial charge on any atom is 0.244 e. The van der Waals surface area contributed by atoms with Crippen molar-refractivity contribution < 1.29 is 13.9 Å². The lowest BCUT2D eigenvalue weighted by atomic mass is 9.96. The Labute approximate surface area is 193 Å². The summed E-state index contributed by atoms with van der Waals surface area (Å²) in [6.07, 6.45) is 3.31. The van der Waals surface area contributed by atoms with Gasteiger partial charge < -0.3 is 14.5 Å². The highest BCUT2D eigenvalue weighted by molar-refractivity contribution is 6.36. The van der Waals surface area contributed by atoms with Crippen molar-refractivity contribution in [2.45, 2.75) is 34.6 Å². The van der Waals surface area contributed by atoms with E-state index in [0.717, 1.165) is 38.8 Å². The summed E-state index contributed by atoms with van der Waals surface area (Å²) in [5.41, 5.74) is 4.95. The zero-order chi connectivity index (χ0) is 22.7. The smallest absolute Gasteiger partial charge is 0.244 e. The van der Waals surface area contributed by atoms with Gasteiger partial charge in [0.25, 0.3) is 0 Å². The minimum absolute atomic E-state index is 0.125. The molecule has 3 rings (SSSR count). The number of amides is 1. The summed E-state index contributed by atoms with van der Waals surface area (Å²) in [4.78, 5) is 12.4. The standard InChI is InChI=1S/C25H27Cl2NO3/c1-6-30-24-16(5)25-20(11-19(24)15(4)9-23(29)28-12-14(2)3)21(13-31-25)18-8-7-17(26)10-22(18)27/h7-11,13-14H,6,12H2,1-5H3,(H,28,29)/b15-9+. The molecule has 0 bridgehead atoms. The molecule has 6 heteroatoms. The molecular formula is C25H27Cl2NO3. The van der Waals surface area contributed by atoms with E-state index in [1.807, 2.05) is 32.9 Å². The van der Waals surface area contributed by atoms with Crippen LogP contribution in [0, 0.1) is 12.8 Å². The minimum Gasteiger partial charge on any atom is -0.493 e. The lowest BCUT2D eigenvalue weighted by molar-refractivity contribution is -0.116. The van der Waals surface area contributed by atoms with E-state index in [2.05, 4.69) is 19.2 Å². The summed E-state index contributed by atoms with van der Waals surface area (Å²) >= 11 is 12.5. The van der Waals surface area contributed by atoms with Gasteiger partial charge in [0.2, 0.25) is 5.91 Å². The van der Waals surface area contributed by atoms with Crippen LogP contribution in [-0.4, -0.2) is 19.1 Å². The maximum absolute atomic E-state index is 12.4. The van der Waals surface area contributed by atoms with Gasteiger partial charge in [-0.2, -0.15) is 0 Å². The fourth-order valence-corrected chi connectivity index (χ4v) is 4.00. The van der Waals surface area contributed by atoms with Crippen molar-refractivity contribution in [2.24, 2.45) is 5.92 Å². The molecule has 164 valence electrons. The number of benzene rings is 2. The van der Waals surface area contributed by atoms with E-state index in [-0.39, 0.29) is 5.91 Å². The SMILES string of the molecule is CCOc1c(/C(C)=C/C(=O)NCC(C)C)cc2c(-c3ccc(Cl)cc3Cl)coc2c1C. The van der Waals surface area contributed by atoms with E-state index >= 15 is 0 Å². The third kappa shape index (κ3) is 5.08. The molecule has 1 amide bonds. The molecule has 0 unspecified atom stereocenters. The molecule has 31 heavy (non-hydrogen) atoms. The molecule has 0 aliphatic heterocycles. The molecule has 0 radical (unpaired) electrons. The van der Waals surface area contributed by atoms with Crippen molar-refractivity contribution in [2.75, 3.05) is 13.2 Å². The van der Waals surface area contributed by atoms with Gasteiger partial charge in [-0.15, -0.1) is 0 Å². The molecule has 0 fully saturated rings. The van der Waals surface area contributed by atoms with E-state index in [0.29, 0.717) is 34.9 Å². The van der Waals surface area contributed by atoms with Crippen molar-refractivity contribution in [1.29, 1.82) is 0 Å². The van der Waals surface area contributed by atoms with Crippen LogP contribution in [0.5, 0.6) is 5.75 Å². The second kappa shape index (κ2) is 9.80. The van der Waals surface area contributed by atoms with E-state index in [9.17, 15) is 4.79 Å². The second-order valence-electron chi connectivity index (χ2n) is 7.93. The van der Waals surface area contributed by atoms with Crippen LogP contribution in [0.15, 0.2) is 41.0 Å². The number of carbonyl (C=O) groups is 1. The molecule has 1 aromatic heterocycles. The highest BCUT2D eigenvalue weighted by atomic mass is 35.5. The first-order chi connectivity index (χ1) is 14.7. The number of rotatable bonds is 7. The zero-order valence-electron chi connectivity index (χ0n) is 18.4. The maximum atomic E-state index is 12.4. The lowest BCUT2D eigenvalue weighted by Gasteiger charge is -2.15. The van der Waals surface area contributed by atoms with Crippen LogP contribution >= 0.6 is 23.2 Å². The molecule has 2 aromatic carbocycles. The summed E-state index contributed by atoms with van der Waals surface area (Å²) in [6, 6.07) is 7.39. The predicted molar refractivity (Wildman–Crippen MR) is 129 cm³/mol. The topological polar surface area (TPSA) is 51.5 Å². The van der Waals surface area contributed by atoms with Crippen molar-refractivity contribution in [3.8, 4) is 16.9 Å². The Morgan fingerprint density at radius 2 is 1.97 bits per heavy atom. The number of hydrogen-bond acceptors (Lipinski definition) is 3. The Kier molecular flexibility index (Phi) is 7.34. The molecule has 0 aliphatic carbocycles. The van der Waals surface area contributed by atoms with Crippen LogP contribution in [0.3, 0.4) is 0 Å². The molecule has 3 aromatic rings. The first kappa shape index (κ1) is 23.2. The highest BCUT2D eigenvalue weighted by Crippen LogP contribution is 2.42. The Morgan fingerprint density at radius 1 is 1.23 bits per heavy atom. The van der Waals surface area contributed by atoms with Crippen molar-refractivity contribution in [3.63, 3.8) is 0 Å². The van der Waals surface area contributed by atoms with Crippen LogP contribution in [-0.2, 0) is 4.79 Å². The zero-order valence-corrected chi connectivity index (χ0v) is 19.9. The number of halogens is 2. The number of nitrogens with one attached hydrogen (secondary N) is 1. The molecular weight excluding hydrogens is 433 g/mol. The molecule has 0 aliphatic rings. The molecule has 0 saturated heterocycles. The third-order valence-corrected chi connectivity index (χ3v) is 5.56. The highest BCUT2D eigenvalue weighted by Gasteiger charge is 2.20. The molecule has 0 saturated carbocycles. The second-order valence-corrected chi connectivity index (χ2v) is 8.77. The van der Waals surface area contributed by atoms with Gasteiger partial charge in [-0.3, -0.25) is 4.79 Å². The van der Waals surface area contributed by atoms with E-state index in [4.69, 9.17) is 32.4 Å². The van der Waals surface area contributed by atoms with E-state index in [1.54, 1.807) is 24.5 Å². The Hall–Kier alpha value is -2.43. The summed E-state index contributed by atoms with van der Waals surface area (Å²) in [5.74, 6) is 0.968. The van der Waals surface area contributed by atoms with Gasteiger partial charge in [-0.05, 0) is 50.5 Å².